The standard InChI is InChI=1S/C27H30F2N6O2/c1-26-8-9-27(2,34-26)13-17(12-26)35(16-4-5-16)21-7-6-19(31-32-21)23-20(36)11-18(24(28)25(23)29)15-10-22(37-3)33-30-14-15/h6-7,10-11,14,16-17,34,36H,4-5,8-9,12-13H2,1-3H3/t17-,26+,27-. The lowest BCUT2D eigenvalue weighted by atomic mass is 9.84. The fraction of sp³-hybridized carbons (Fsp3) is 0.481. The van der Waals surface area contributed by atoms with E-state index in [9.17, 15) is 5.11 Å². The molecule has 37 heavy (non-hydrogen) atoms. The largest absolute Gasteiger partial charge is 0.507 e. The van der Waals surface area contributed by atoms with E-state index in [4.69, 9.17) is 4.74 Å². The SMILES string of the molecule is COc1cc(-c2cc(O)c(-c3ccc(N(C4CC4)[C@@H]4C[C@]5(C)CC[C@](C)(C4)N5)nn3)c(F)c2F)cnn1. The summed E-state index contributed by atoms with van der Waals surface area (Å²) in [5, 5.41) is 30.7. The summed E-state index contributed by atoms with van der Waals surface area (Å²) in [5.74, 6) is -1.90. The fourth-order valence-corrected chi connectivity index (χ4v) is 6.30. The molecule has 1 saturated carbocycles. The third-order valence-corrected chi connectivity index (χ3v) is 8.05. The van der Waals surface area contributed by atoms with Gasteiger partial charge in [0.2, 0.25) is 5.88 Å². The second kappa shape index (κ2) is 8.58. The van der Waals surface area contributed by atoms with E-state index in [0.717, 1.165) is 50.4 Å². The number of rotatable bonds is 6. The number of phenolic OH excluding ortho intramolecular Hbond substituents is 1. The van der Waals surface area contributed by atoms with Crippen molar-refractivity contribution in [1.82, 2.24) is 25.7 Å². The van der Waals surface area contributed by atoms with Crippen LogP contribution in [0.1, 0.15) is 52.4 Å². The van der Waals surface area contributed by atoms with Gasteiger partial charge in [0.25, 0.3) is 0 Å². The molecule has 2 saturated heterocycles. The molecular weight excluding hydrogens is 478 g/mol. The number of benzene rings is 1. The number of halogens is 2. The Hall–Kier alpha value is -3.40. The molecule has 0 amide bonds. The van der Waals surface area contributed by atoms with E-state index in [1.54, 1.807) is 12.1 Å². The van der Waals surface area contributed by atoms with E-state index in [1.807, 2.05) is 0 Å². The number of hydrogen-bond donors (Lipinski definition) is 2. The van der Waals surface area contributed by atoms with Gasteiger partial charge in [0.15, 0.2) is 17.5 Å². The lowest BCUT2D eigenvalue weighted by molar-refractivity contribution is 0.203. The Morgan fingerprint density at radius 2 is 1.73 bits per heavy atom. The second-order valence-electron chi connectivity index (χ2n) is 11.2. The van der Waals surface area contributed by atoms with Gasteiger partial charge >= 0.3 is 0 Å². The van der Waals surface area contributed by atoms with E-state index >= 15 is 8.78 Å². The first kappa shape index (κ1) is 24.0. The van der Waals surface area contributed by atoms with Crippen molar-refractivity contribution < 1.29 is 18.6 Å². The Morgan fingerprint density at radius 3 is 2.35 bits per heavy atom. The van der Waals surface area contributed by atoms with Crippen LogP contribution in [0.4, 0.5) is 14.6 Å². The average molecular weight is 509 g/mol. The van der Waals surface area contributed by atoms with Gasteiger partial charge in [-0.25, -0.2) is 8.78 Å². The van der Waals surface area contributed by atoms with Crippen LogP contribution in [0.15, 0.2) is 30.5 Å². The number of piperidine rings is 1. The maximum Gasteiger partial charge on any atom is 0.233 e. The number of hydrogen-bond acceptors (Lipinski definition) is 8. The predicted molar refractivity (Wildman–Crippen MR) is 134 cm³/mol. The molecule has 6 rings (SSSR count). The molecule has 1 aromatic carbocycles. The average Bonchev–Trinajstić information content (AvgIpc) is 3.67. The van der Waals surface area contributed by atoms with Gasteiger partial charge in [-0.2, -0.15) is 5.10 Å². The third kappa shape index (κ3) is 4.27. The molecule has 3 aliphatic rings. The quantitative estimate of drug-likeness (QED) is 0.498. The van der Waals surface area contributed by atoms with Crippen LogP contribution in [0.5, 0.6) is 11.6 Å². The van der Waals surface area contributed by atoms with Gasteiger partial charge in [-0.3, -0.25) is 0 Å². The number of nitrogens with one attached hydrogen (secondary N) is 1. The number of anilines is 1. The van der Waals surface area contributed by atoms with Crippen LogP contribution in [0.3, 0.4) is 0 Å². The molecule has 0 radical (unpaired) electrons. The Kier molecular flexibility index (Phi) is 5.56. The van der Waals surface area contributed by atoms with Gasteiger partial charge < -0.3 is 20.1 Å². The molecule has 2 aliphatic heterocycles. The number of ether oxygens (including phenoxy) is 1. The maximum absolute atomic E-state index is 15.3. The van der Waals surface area contributed by atoms with E-state index in [1.165, 1.54) is 19.4 Å². The van der Waals surface area contributed by atoms with Gasteiger partial charge in [-0.05, 0) is 70.6 Å². The molecular formula is C27H30F2N6O2. The summed E-state index contributed by atoms with van der Waals surface area (Å²) in [5.41, 5.74) is 0.0346. The first-order chi connectivity index (χ1) is 17.7. The summed E-state index contributed by atoms with van der Waals surface area (Å²) in [4.78, 5) is 2.38. The predicted octanol–water partition coefficient (Wildman–Crippen LogP) is 4.63. The molecule has 2 N–H and O–H groups in total. The van der Waals surface area contributed by atoms with Crippen molar-refractivity contribution in [2.45, 2.75) is 75.5 Å². The zero-order valence-electron chi connectivity index (χ0n) is 21.1. The van der Waals surface area contributed by atoms with Crippen LogP contribution in [-0.4, -0.2) is 55.8 Å². The summed E-state index contributed by atoms with van der Waals surface area (Å²) in [6.45, 7) is 4.60. The first-order valence-electron chi connectivity index (χ1n) is 12.7. The minimum Gasteiger partial charge on any atom is -0.507 e. The number of aromatic nitrogens is 4. The zero-order chi connectivity index (χ0) is 25.9. The summed E-state index contributed by atoms with van der Waals surface area (Å²) < 4.78 is 35.4. The number of phenols is 1. The van der Waals surface area contributed by atoms with Gasteiger partial charge in [0, 0.05) is 40.4 Å². The summed E-state index contributed by atoms with van der Waals surface area (Å²) in [7, 11) is 1.40. The van der Waals surface area contributed by atoms with E-state index in [0.29, 0.717) is 12.1 Å². The van der Waals surface area contributed by atoms with Gasteiger partial charge in [-0.15, -0.1) is 15.3 Å². The smallest absolute Gasteiger partial charge is 0.233 e. The maximum atomic E-state index is 15.3. The second-order valence-corrected chi connectivity index (χ2v) is 11.2. The Balaban J connectivity index is 1.31. The van der Waals surface area contributed by atoms with Crippen LogP contribution in [-0.2, 0) is 0 Å². The molecule has 3 aromatic rings. The third-order valence-electron chi connectivity index (χ3n) is 8.05. The van der Waals surface area contributed by atoms with Crippen LogP contribution >= 0.6 is 0 Å². The number of aromatic hydroxyl groups is 1. The van der Waals surface area contributed by atoms with Crippen molar-refractivity contribution >= 4 is 5.82 Å². The van der Waals surface area contributed by atoms with Crippen LogP contribution in [0, 0.1) is 11.6 Å². The van der Waals surface area contributed by atoms with E-state index in [-0.39, 0.29) is 39.3 Å². The van der Waals surface area contributed by atoms with Crippen molar-refractivity contribution in [3.63, 3.8) is 0 Å². The Morgan fingerprint density at radius 1 is 1.00 bits per heavy atom. The molecule has 0 unspecified atom stereocenters. The Bertz CT molecular complexity index is 1330. The fourth-order valence-electron chi connectivity index (χ4n) is 6.30. The molecule has 1 aliphatic carbocycles. The highest BCUT2D eigenvalue weighted by Gasteiger charge is 2.51. The van der Waals surface area contributed by atoms with Crippen molar-refractivity contribution in [3.8, 4) is 34.0 Å². The molecule has 3 fully saturated rings. The van der Waals surface area contributed by atoms with Crippen molar-refractivity contribution in [1.29, 1.82) is 0 Å². The van der Waals surface area contributed by atoms with Gasteiger partial charge in [0.05, 0.1) is 24.6 Å². The Labute approximate surface area is 214 Å². The van der Waals surface area contributed by atoms with E-state index in [2.05, 4.69) is 44.5 Å². The molecule has 194 valence electrons. The summed E-state index contributed by atoms with van der Waals surface area (Å²) >= 11 is 0. The highest BCUT2D eigenvalue weighted by atomic mass is 19.2. The monoisotopic (exact) mass is 508 g/mol. The molecule has 3 atom stereocenters. The number of nitrogens with zero attached hydrogens (tertiary/aromatic N) is 5. The first-order valence-corrected chi connectivity index (χ1v) is 12.7. The van der Waals surface area contributed by atoms with E-state index < -0.39 is 17.4 Å². The summed E-state index contributed by atoms with van der Waals surface area (Å²) in [6.07, 6.45) is 7.86. The topological polar surface area (TPSA) is 96.3 Å². The molecule has 0 spiro atoms. The van der Waals surface area contributed by atoms with Crippen molar-refractivity contribution in [2.24, 2.45) is 0 Å². The van der Waals surface area contributed by atoms with Gasteiger partial charge in [-0.1, -0.05) is 0 Å². The van der Waals surface area contributed by atoms with Crippen LogP contribution in [0.25, 0.3) is 22.4 Å². The number of fused-ring (bicyclic) bond motifs is 2. The number of methoxy groups -OCH3 is 1. The normalized spacial score (nSPS) is 26.8. The lowest BCUT2D eigenvalue weighted by Crippen LogP contribution is -2.59. The van der Waals surface area contributed by atoms with Crippen molar-refractivity contribution in [3.05, 3.63) is 42.1 Å². The lowest BCUT2D eigenvalue weighted by Gasteiger charge is -2.46. The van der Waals surface area contributed by atoms with Gasteiger partial charge in [0.1, 0.15) is 5.75 Å². The highest BCUT2D eigenvalue weighted by Crippen LogP contribution is 2.47. The van der Waals surface area contributed by atoms with Crippen LogP contribution in [0.2, 0.25) is 0 Å². The molecule has 4 heterocycles. The minimum atomic E-state index is -1.21. The molecule has 10 heteroatoms. The van der Waals surface area contributed by atoms with Crippen LogP contribution < -0.4 is 15.0 Å². The highest BCUT2D eigenvalue weighted by molar-refractivity contribution is 5.75. The minimum absolute atomic E-state index is 0.0645. The van der Waals surface area contributed by atoms with Crippen molar-refractivity contribution in [2.75, 3.05) is 12.0 Å². The molecule has 8 nitrogen and oxygen atoms in total. The molecule has 2 bridgehead atoms. The molecule has 2 aromatic heterocycles. The zero-order valence-corrected chi connectivity index (χ0v) is 21.1. The summed E-state index contributed by atoms with van der Waals surface area (Å²) in [6, 6.07) is 6.73.